The van der Waals surface area contributed by atoms with Crippen molar-refractivity contribution >= 4 is 0 Å². The molecule has 0 aromatic carbocycles. The Morgan fingerprint density at radius 3 is 2.00 bits per heavy atom. The van der Waals surface area contributed by atoms with Gasteiger partial charge in [0.2, 0.25) is 0 Å². The van der Waals surface area contributed by atoms with Crippen LogP contribution < -0.4 is 11.5 Å². The molecule has 0 radical (unpaired) electrons. The maximum Gasteiger partial charge on any atom is 0.0104 e. The van der Waals surface area contributed by atoms with Crippen LogP contribution in [0.25, 0.3) is 0 Å². The summed E-state index contributed by atoms with van der Waals surface area (Å²) in [6.07, 6.45) is 6.15. The molecule has 4 N–H and O–H groups in total. The molecule has 0 saturated heterocycles. The summed E-state index contributed by atoms with van der Waals surface area (Å²) in [6, 6.07) is 0. The van der Waals surface area contributed by atoms with E-state index in [2.05, 4.69) is 6.58 Å². The molecule has 0 aromatic heterocycles. The van der Waals surface area contributed by atoms with Gasteiger partial charge >= 0.3 is 0 Å². The molecular weight excluding hydrogens is 112 g/mol. The Hall–Kier alpha value is -0.760. The molecule has 0 unspecified atom stereocenters. The van der Waals surface area contributed by atoms with Crippen molar-refractivity contribution in [3.05, 3.63) is 24.9 Å². The maximum absolute atomic E-state index is 4.96. The lowest BCUT2D eigenvalue weighted by Crippen LogP contribution is -1.90. The van der Waals surface area contributed by atoms with E-state index in [9.17, 15) is 0 Å². The molecule has 0 heterocycles. The molecule has 9 heavy (non-hydrogen) atoms. The molecule has 0 rings (SSSR count). The lowest BCUT2D eigenvalue weighted by atomic mass is 10.5. The second-order valence-electron chi connectivity index (χ2n) is 1.36. The van der Waals surface area contributed by atoms with Gasteiger partial charge < -0.3 is 11.5 Å². The van der Waals surface area contributed by atoms with E-state index < -0.39 is 0 Å². The van der Waals surface area contributed by atoms with Gasteiger partial charge in [0.15, 0.2) is 0 Å². The smallest absolute Gasteiger partial charge is 0.0104 e. The van der Waals surface area contributed by atoms with Crippen LogP contribution in [-0.4, -0.2) is 6.54 Å². The van der Waals surface area contributed by atoms with Gasteiger partial charge in [-0.15, -0.1) is 6.58 Å². The zero-order valence-electron chi connectivity index (χ0n) is 6.01. The van der Waals surface area contributed by atoms with Gasteiger partial charge in [-0.1, -0.05) is 19.1 Å². The fraction of sp³-hybridized carbons (Fsp3) is 0.429. The molecule has 2 heteroatoms. The summed E-state index contributed by atoms with van der Waals surface area (Å²) in [7, 11) is 0. The summed E-state index contributed by atoms with van der Waals surface area (Å²) < 4.78 is 0. The third-order valence-electron chi connectivity index (χ3n) is 0.538. The highest BCUT2D eigenvalue weighted by Crippen LogP contribution is 1.69. The fourth-order valence-corrected chi connectivity index (χ4v) is 0.136. The molecule has 0 bridgehead atoms. The van der Waals surface area contributed by atoms with E-state index in [1.807, 2.05) is 13.0 Å². The summed E-state index contributed by atoms with van der Waals surface area (Å²) in [6.45, 7) is 5.98. The number of rotatable bonds is 2. The minimum absolute atomic E-state index is 0.583. The largest absolute Gasteiger partial charge is 0.405 e. The van der Waals surface area contributed by atoms with Gasteiger partial charge in [0, 0.05) is 6.54 Å². The standard InChI is InChI=1S/C4H9N.C3H7N/c1-2-3-4-5;1-2-3-4/h3-4H,2,5H2,1H3;2H,1,3-4H2. The van der Waals surface area contributed by atoms with Crippen LogP contribution in [0.2, 0.25) is 0 Å². The quantitative estimate of drug-likeness (QED) is 0.545. The lowest BCUT2D eigenvalue weighted by Gasteiger charge is -1.66. The molecule has 0 fully saturated rings. The molecule has 0 aliphatic heterocycles. The number of hydrogen-bond acceptors (Lipinski definition) is 2. The topological polar surface area (TPSA) is 52.0 Å². The van der Waals surface area contributed by atoms with Gasteiger partial charge in [-0.3, -0.25) is 0 Å². The van der Waals surface area contributed by atoms with E-state index in [1.54, 1.807) is 12.3 Å². The number of hydrogen-bond donors (Lipinski definition) is 2. The van der Waals surface area contributed by atoms with E-state index in [4.69, 9.17) is 11.5 Å². The Labute approximate surface area is 57.2 Å². The molecular formula is C7H16N2. The zero-order valence-corrected chi connectivity index (χ0v) is 6.01. The SMILES string of the molecule is C=CCN.CCC=CN. The van der Waals surface area contributed by atoms with Gasteiger partial charge in [-0.05, 0) is 12.6 Å². The van der Waals surface area contributed by atoms with E-state index in [-0.39, 0.29) is 0 Å². The molecule has 0 atom stereocenters. The van der Waals surface area contributed by atoms with Crippen LogP contribution in [0.15, 0.2) is 24.9 Å². The second kappa shape index (κ2) is 15.7. The third-order valence-corrected chi connectivity index (χ3v) is 0.538. The van der Waals surface area contributed by atoms with Crippen molar-refractivity contribution in [2.75, 3.05) is 6.54 Å². The van der Waals surface area contributed by atoms with Gasteiger partial charge in [-0.2, -0.15) is 0 Å². The van der Waals surface area contributed by atoms with Crippen LogP contribution in [0.5, 0.6) is 0 Å². The van der Waals surface area contributed by atoms with Gasteiger partial charge in [0.1, 0.15) is 0 Å². The lowest BCUT2D eigenvalue weighted by molar-refractivity contribution is 1.21. The predicted molar refractivity (Wildman–Crippen MR) is 42.9 cm³/mol. The average molecular weight is 128 g/mol. The normalized spacial score (nSPS) is 8.22. The van der Waals surface area contributed by atoms with Crippen molar-refractivity contribution < 1.29 is 0 Å². The van der Waals surface area contributed by atoms with Crippen LogP contribution in [0.3, 0.4) is 0 Å². The summed E-state index contributed by atoms with van der Waals surface area (Å²) in [5.74, 6) is 0. The number of allylic oxidation sites excluding steroid dienone is 1. The van der Waals surface area contributed by atoms with Crippen LogP contribution in [-0.2, 0) is 0 Å². The Balaban J connectivity index is 0. The van der Waals surface area contributed by atoms with Gasteiger partial charge in [0.25, 0.3) is 0 Å². The van der Waals surface area contributed by atoms with Crippen LogP contribution >= 0.6 is 0 Å². The minimum atomic E-state index is 0.583. The molecule has 0 amide bonds. The first kappa shape index (κ1) is 11.1. The van der Waals surface area contributed by atoms with Crippen LogP contribution in [0.1, 0.15) is 13.3 Å². The summed E-state index contributed by atoms with van der Waals surface area (Å²) >= 11 is 0. The maximum atomic E-state index is 4.96. The van der Waals surface area contributed by atoms with Crippen molar-refractivity contribution in [3.8, 4) is 0 Å². The van der Waals surface area contributed by atoms with Crippen molar-refractivity contribution in [3.63, 3.8) is 0 Å². The minimum Gasteiger partial charge on any atom is -0.405 e. The molecule has 0 spiro atoms. The number of nitrogens with two attached hydrogens (primary N) is 2. The highest BCUT2D eigenvalue weighted by atomic mass is 14.5. The fourth-order valence-electron chi connectivity index (χ4n) is 0.136. The molecule has 0 aliphatic carbocycles. The summed E-state index contributed by atoms with van der Waals surface area (Å²) in [4.78, 5) is 0. The van der Waals surface area contributed by atoms with Crippen molar-refractivity contribution in [2.45, 2.75) is 13.3 Å². The molecule has 0 saturated carbocycles. The third kappa shape index (κ3) is 39.6. The second-order valence-corrected chi connectivity index (χ2v) is 1.36. The first-order valence-electron chi connectivity index (χ1n) is 3.01. The Morgan fingerprint density at radius 1 is 1.56 bits per heavy atom. The highest BCUT2D eigenvalue weighted by molar-refractivity contribution is 4.71. The molecule has 0 aromatic rings. The Kier molecular flexibility index (Phi) is 19.3. The van der Waals surface area contributed by atoms with E-state index in [0.717, 1.165) is 6.42 Å². The summed E-state index contributed by atoms with van der Waals surface area (Å²) in [5.41, 5.74) is 9.87. The van der Waals surface area contributed by atoms with E-state index in [0.29, 0.717) is 6.54 Å². The first-order chi connectivity index (χ1) is 4.33. The monoisotopic (exact) mass is 128 g/mol. The Bertz CT molecular complexity index is 67.3. The van der Waals surface area contributed by atoms with Crippen molar-refractivity contribution in [1.82, 2.24) is 0 Å². The van der Waals surface area contributed by atoms with E-state index >= 15 is 0 Å². The van der Waals surface area contributed by atoms with E-state index in [1.165, 1.54) is 0 Å². The van der Waals surface area contributed by atoms with Crippen molar-refractivity contribution in [1.29, 1.82) is 0 Å². The van der Waals surface area contributed by atoms with Crippen molar-refractivity contribution in [2.24, 2.45) is 11.5 Å². The van der Waals surface area contributed by atoms with Gasteiger partial charge in [0.05, 0.1) is 0 Å². The average Bonchev–Trinajstić information content (AvgIpc) is 1.91. The summed E-state index contributed by atoms with van der Waals surface area (Å²) in [5, 5.41) is 0. The van der Waals surface area contributed by atoms with Crippen LogP contribution in [0.4, 0.5) is 0 Å². The van der Waals surface area contributed by atoms with Crippen LogP contribution in [0, 0.1) is 0 Å². The molecule has 0 aliphatic rings. The first-order valence-corrected chi connectivity index (χ1v) is 3.01. The molecule has 2 nitrogen and oxygen atoms in total. The van der Waals surface area contributed by atoms with Gasteiger partial charge in [-0.25, -0.2) is 0 Å². The highest BCUT2D eigenvalue weighted by Gasteiger charge is 1.52. The predicted octanol–water partition coefficient (Wildman–Crippen LogP) is 1.000. The molecule has 54 valence electrons. The zero-order chi connectivity index (χ0) is 7.54. The Morgan fingerprint density at radius 2 is 2.00 bits per heavy atom.